The lowest BCUT2D eigenvalue weighted by molar-refractivity contribution is -0.122. The van der Waals surface area contributed by atoms with Crippen molar-refractivity contribution in [2.24, 2.45) is 0 Å². The molecule has 0 heterocycles. The van der Waals surface area contributed by atoms with E-state index < -0.39 is 0 Å². The number of hydrogen-bond acceptors (Lipinski definition) is 3. The Morgan fingerprint density at radius 1 is 1.33 bits per heavy atom. The maximum Gasteiger partial charge on any atom is 0.255 e. The number of thiol groups is 1. The Morgan fingerprint density at radius 2 is 1.94 bits per heavy atom. The van der Waals surface area contributed by atoms with E-state index in [9.17, 15) is 9.59 Å². The lowest BCUT2D eigenvalue weighted by Crippen LogP contribution is -2.40. The molecule has 98 valence electrons. The zero-order valence-corrected chi connectivity index (χ0v) is 11.7. The summed E-state index contributed by atoms with van der Waals surface area (Å²) in [4.78, 5) is 25.6. The van der Waals surface area contributed by atoms with E-state index in [-0.39, 0.29) is 24.4 Å². The number of hydrogen-bond donors (Lipinski definition) is 2. The Morgan fingerprint density at radius 3 is 2.50 bits per heavy atom. The van der Waals surface area contributed by atoms with Gasteiger partial charge in [0.1, 0.15) is 0 Å². The molecule has 1 aromatic rings. The lowest BCUT2D eigenvalue weighted by atomic mass is 10.2. The molecule has 0 saturated heterocycles. The summed E-state index contributed by atoms with van der Waals surface area (Å²) < 4.78 is 0. The molecule has 0 aliphatic heterocycles. The van der Waals surface area contributed by atoms with Crippen molar-refractivity contribution in [3.05, 3.63) is 29.8 Å². The average Bonchev–Trinajstić information content (AvgIpc) is 2.27. The summed E-state index contributed by atoms with van der Waals surface area (Å²) in [5.74, 6) is -0.378. The molecule has 0 spiro atoms. The third kappa shape index (κ3) is 4.07. The van der Waals surface area contributed by atoms with E-state index in [2.05, 4.69) is 17.9 Å². The number of rotatable bonds is 4. The van der Waals surface area contributed by atoms with Crippen molar-refractivity contribution in [1.82, 2.24) is 10.2 Å². The van der Waals surface area contributed by atoms with Crippen LogP contribution in [-0.4, -0.2) is 36.3 Å². The van der Waals surface area contributed by atoms with Gasteiger partial charge in [-0.3, -0.25) is 9.59 Å². The van der Waals surface area contributed by atoms with Crippen molar-refractivity contribution < 1.29 is 9.59 Å². The number of nitrogens with one attached hydrogen (secondary N) is 1. The van der Waals surface area contributed by atoms with Crippen LogP contribution in [0, 0.1) is 0 Å². The number of likely N-dealkylation sites (N-methyl/N-ethyl adjacent to an activating group) is 1. The molecule has 5 heteroatoms. The molecule has 0 fully saturated rings. The largest absolute Gasteiger partial charge is 0.352 e. The summed E-state index contributed by atoms with van der Waals surface area (Å²) in [6, 6.07) is 7.09. The van der Waals surface area contributed by atoms with Crippen molar-refractivity contribution in [1.29, 1.82) is 0 Å². The molecule has 0 unspecified atom stereocenters. The fourth-order valence-electron chi connectivity index (χ4n) is 1.51. The first-order chi connectivity index (χ1) is 8.41. The van der Waals surface area contributed by atoms with Gasteiger partial charge in [-0.1, -0.05) is 12.1 Å². The lowest BCUT2D eigenvalue weighted by Gasteiger charge is -2.18. The van der Waals surface area contributed by atoms with E-state index in [0.717, 1.165) is 0 Å². The van der Waals surface area contributed by atoms with Crippen molar-refractivity contribution in [2.45, 2.75) is 24.8 Å². The minimum Gasteiger partial charge on any atom is -0.352 e. The van der Waals surface area contributed by atoms with Crippen LogP contribution in [0.2, 0.25) is 0 Å². The molecule has 0 aliphatic carbocycles. The number of carbonyl (C=O) groups excluding carboxylic acids is 2. The normalized spacial score (nSPS) is 10.3. The number of nitrogens with zero attached hydrogens (tertiary/aromatic N) is 1. The maximum atomic E-state index is 12.1. The second-order valence-corrected chi connectivity index (χ2v) is 4.88. The van der Waals surface area contributed by atoms with Gasteiger partial charge in [0.2, 0.25) is 5.91 Å². The van der Waals surface area contributed by atoms with Gasteiger partial charge in [0.25, 0.3) is 5.91 Å². The Balaban J connectivity index is 2.68. The second-order valence-electron chi connectivity index (χ2n) is 4.40. The smallest absolute Gasteiger partial charge is 0.255 e. The van der Waals surface area contributed by atoms with Gasteiger partial charge in [0, 0.05) is 18.0 Å². The van der Waals surface area contributed by atoms with E-state index in [1.165, 1.54) is 4.90 Å². The zero-order chi connectivity index (χ0) is 13.7. The fourth-order valence-corrected chi connectivity index (χ4v) is 1.77. The topological polar surface area (TPSA) is 49.4 Å². The van der Waals surface area contributed by atoms with Gasteiger partial charge in [-0.05, 0) is 26.0 Å². The first kappa shape index (κ1) is 14.6. The second kappa shape index (κ2) is 6.44. The Kier molecular flexibility index (Phi) is 5.22. The summed E-state index contributed by atoms with van der Waals surface area (Å²) >= 11 is 4.23. The fraction of sp³-hybridized carbons (Fsp3) is 0.385. The Labute approximate surface area is 113 Å². The molecule has 18 heavy (non-hydrogen) atoms. The summed E-state index contributed by atoms with van der Waals surface area (Å²) in [6.45, 7) is 3.80. The Bertz CT molecular complexity index is 446. The molecule has 1 aromatic carbocycles. The molecule has 0 aliphatic rings. The minimum absolute atomic E-state index is 0.0408. The average molecular weight is 266 g/mol. The first-order valence-electron chi connectivity index (χ1n) is 5.74. The summed E-state index contributed by atoms with van der Waals surface area (Å²) in [5.41, 5.74) is 0.501. The molecule has 0 atom stereocenters. The monoisotopic (exact) mass is 266 g/mol. The van der Waals surface area contributed by atoms with E-state index in [1.807, 2.05) is 19.9 Å². The van der Waals surface area contributed by atoms with Gasteiger partial charge in [0.05, 0.1) is 12.1 Å². The molecule has 0 aromatic heterocycles. The number of benzene rings is 1. The third-order valence-corrected chi connectivity index (χ3v) is 2.70. The van der Waals surface area contributed by atoms with Crippen LogP contribution in [0.3, 0.4) is 0 Å². The molecule has 0 bridgehead atoms. The quantitative estimate of drug-likeness (QED) is 0.813. The van der Waals surface area contributed by atoms with Gasteiger partial charge < -0.3 is 10.2 Å². The van der Waals surface area contributed by atoms with Crippen LogP contribution >= 0.6 is 12.6 Å². The summed E-state index contributed by atoms with van der Waals surface area (Å²) in [5, 5.41) is 2.74. The van der Waals surface area contributed by atoms with Gasteiger partial charge >= 0.3 is 0 Å². The van der Waals surface area contributed by atoms with Gasteiger partial charge in [0.15, 0.2) is 0 Å². The Hall–Kier alpha value is -1.49. The minimum atomic E-state index is -0.209. The molecular formula is C13H18N2O2S. The van der Waals surface area contributed by atoms with Crippen LogP contribution in [0.15, 0.2) is 29.2 Å². The maximum absolute atomic E-state index is 12.1. The molecule has 2 amide bonds. The highest BCUT2D eigenvalue weighted by Crippen LogP contribution is 2.14. The molecule has 0 saturated carbocycles. The summed E-state index contributed by atoms with van der Waals surface area (Å²) in [6.07, 6.45) is 0. The predicted octanol–water partition coefficient (Wildman–Crippen LogP) is 1.57. The zero-order valence-electron chi connectivity index (χ0n) is 10.8. The van der Waals surface area contributed by atoms with Crippen LogP contribution < -0.4 is 5.32 Å². The predicted molar refractivity (Wildman–Crippen MR) is 73.9 cm³/mol. The van der Waals surface area contributed by atoms with Crippen LogP contribution in [0.5, 0.6) is 0 Å². The van der Waals surface area contributed by atoms with Gasteiger partial charge in [-0.15, -0.1) is 12.6 Å². The highest BCUT2D eigenvalue weighted by molar-refractivity contribution is 7.80. The van der Waals surface area contributed by atoms with Crippen LogP contribution in [-0.2, 0) is 4.79 Å². The van der Waals surface area contributed by atoms with Crippen molar-refractivity contribution in [2.75, 3.05) is 13.6 Å². The standard InChI is InChI=1S/C13H18N2O2S/c1-9(2)14-12(16)8-15(3)13(17)10-6-4-5-7-11(10)18/h4-7,9,18H,8H2,1-3H3,(H,14,16). The van der Waals surface area contributed by atoms with Gasteiger partial charge in [-0.2, -0.15) is 0 Å². The van der Waals surface area contributed by atoms with Gasteiger partial charge in [-0.25, -0.2) is 0 Å². The number of amides is 2. The number of carbonyl (C=O) groups is 2. The van der Waals surface area contributed by atoms with Crippen LogP contribution in [0.4, 0.5) is 0 Å². The molecule has 1 rings (SSSR count). The van der Waals surface area contributed by atoms with Crippen LogP contribution in [0.25, 0.3) is 0 Å². The molecule has 1 N–H and O–H groups in total. The molecule has 0 radical (unpaired) electrons. The van der Waals surface area contributed by atoms with Crippen molar-refractivity contribution in [3.8, 4) is 0 Å². The van der Waals surface area contributed by atoms with Crippen molar-refractivity contribution in [3.63, 3.8) is 0 Å². The van der Waals surface area contributed by atoms with E-state index in [0.29, 0.717) is 10.5 Å². The highest BCUT2D eigenvalue weighted by atomic mass is 32.1. The molecular weight excluding hydrogens is 248 g/mol. The van der Waals surface area contributed by atoms with E-state index in [4.69, 9.17) is 0 Å². The van der Waals surface area contributed by atoms with E-state index in [1.54, 1.807) is 25.2 Å². The van der Waals surface area contributed by atoms with Crippen LogP contribution in [0.1, 0.15) is 24.2 Å². The summed E-state index contributed by atoms with van der Waals surface area (Å²) in [7, 11) is 1.60. The third-order valence-electron chi connectivity index (χ3n) is 2.31. The van der Waals surface area contributed by atoms with E-state index >= 15 is 0 Å². The SMILES string of the molecule is CC(C)NC(=O)CN(C)C(=O)c1ccccc1S. The molecule has 4 nitrogen and oxygen atoms in total. The van der Waals surface area contributed by atoms with Crippen molar-refractivity contribution >= 4 is 24.4 Å². The first-order valence-corrected chi connectivity index (χ1v) is 6.19. The highest BCUT2D eigenvalue weighted by Gasteiger charge is 2.16.